The second kappa shape index (κ2) is 5.16. The number of carboxylic acid groups (broad SMARTS) is 1. The average Bonchev–Trinajstić information content (AvgIpc) is 3.06. The van der Waals surface area contributed by atoms with Gasteiger partial charge in [-0.25, -0.2) is 0 Å². The minimum absolute atomic E-state index is 0.215. The molecule has 6 heteroatoms. The van der Waals surface area contributed by atoms with Crippen molar-refractivity contribution >= 4 is 17.8 Å². The molecule has 0 saturated heterocycles. The largest absolute Gasteiger partial charge is 0.481 e. The molecule has 96 valence electrons. The predicted molar refractivity (Wildman–Crippen MR) is 58.0 cm³/mol. The van der Waals surface area contributed by atoms with Crippen LogP contribution in [-0.2, 0) is 19.1 Å². The quantitative estimate of drug-likeness (QED) is 0.686. The van der Waals surface area contributed by atoms with Crippen molar-refractivity contribution in [2.75, 3.05) is 20.7 Å². The normalized spacial score (nSPS) is 23.7. The van der Waals surface area contributed by atoms with Crippen molar-refractivity contribution in [3.8, 4) is 0 Å². The maximum Gasteiger partial charge on any atom is 0.310 e. The summed E-state index contributed by atoms with van der Waals surface area (Å²) in [6, 6.07) is 0. The number of ether oxygens (including phenoxy) is 1. The summed E-state index contributed by atoms with van der Waals surface area (Å²) in [6.07, 6.45) is 0.394. The number of rotatable bonds is 5. The van der Waals surface area contributed by atoms with Gasteiger partial charge in [-0.3, -0.25) is 14.4 Å². The molecule has 0 bridgehead atoms. The number of carbonyl (C=O) groups excluding carboxylic acids is 2. The zero-order chi connectivity index (χ0) is 13.2. The Morgan fingerprint density at radius 3 is 2.41 bits per heavy atom. The summed E-state index contributed by atoms with van der Waals surface area (Å²) in [7, 11) is 2.86. The summed E-state index contributed by atoms with van der Waals surface area (Å²) in [6.45, 7) is 1.91. The Morgan fingerprint density at radius 2 is 2.00 bits per heavy atom. The highest BCUT2D eigenvalue weighted by Crippen LogP contribution is 2.39. The maximum atomic E-state index is 11.8. The summed E-state index contributed by atoms with van der Waals surface area (Å²) in [5.41, 5.74) is 0. The number of aliphatic carboxylic acids is 1. The first-order valence-electron chi connectivity index (χ1n) is 5.44. The van der Waals surface area contributed by atoms with E-state index in [-0.39, 0.29) is 18.4 Å². The van der Waals surface area contributed by atoms with Gasteiger partial charge in [0, 0.05) is 13.6 Å². The highest BCUT2D eigenvalue weighted by Gasteiger charge is 2.49. The molecule has 0 aromatic rings. The second-order valence-electron chi connectivity index (χ2n) is 4.43. The van der Waals surface area contributed by atoms with Crippen LogP contribution in [-0.4, -0.2) is 48.6 Å². The predicted octanol–water partition coefficient (Wildman–Crippen LogP) is -0.0254. The molecule has 0 aromatic heterocycles. The van der Waals surface area contributed by atoms with Gasteiger partial charge in [-0.1, -0.05) is 6.92 Å². The van der Waals surface area contributed by atoms with Crippen molar-refractivity contribution in [1.29, 1.82) is 0 Å². The fourth-order valence-corrected chi connectivity index (χ4v) is 1.80. The van der Waals surface area contributed by atoms with Crippen LogP contribution in [0.5, 0.6) is 0 Å². The van der Waals surface area contributed by atoms with Crippen LogP contribution < -0.4 is 0 Å². The number of carboxylic acids is 1. The zero-order valence-electron chi connectivity index (χ0n) is 10.2. The molecule has 1 saturated carbocycles. The number of hydrogen-bond donors (Lipinski definition) is 1. The molecular weight excluding hydrogens is 226 g/mol. The molecule has 1 rings (SSSR count). The Labute approximate surface area is 99.5 Å². The molecule has 1 fully saturated rings. The molecule has 1 aliphatic rings. The first-order valence-corrected chi connectivity index (χ1v) is 5.44. The number of nitrogens with zero attached hydrogens (tertiary/aromatic N) is 1. The fourth-order valence-electron chi connectivity index (χ4n) is 1.80. The molecule has 1 amide bonds. The van der Waals surface area contributed by atoms with E-state index in [9.17, 15) is 14.4 Å². The number of hydrogen-bond acceptors (Lipinski definition) is 4. The summed E-state index contributed by atoms with van der Waals surface area (Å²) < 4.78 is 4.56. The Bertz CT molecular complexity index is 341. The molecule has 3 atom stereocenters. The standard InChI is InChI=1S/C11H17NO5/c1-6(11(16)17-3)5-12(2)9(13)7-4-8(7)10(14)15/h6-8H,4-5H2,1-3H3,(H,14,15)/t6?,7-,8+/m1/s1. The highest BCUT2D eigenvalue weighted by atomic mass is 16.5. The van der Waals surface area contributed by atoms with Crippen molar-refractivity contribution in [2.24, 2.45) is 17.8 Å². The molecule has 0 radical (unpaired) electrons. The van der Waals surface area contributed by atoms with E-state index >= 15 is 0 Å². The molecule has 1 N–H and O–H groups in total. The molecule has 1 aliphatic carbocycles. The molecule has 0 spiro atoms. The highest BCUT2D eigenvalue weighted by molar-refractivity contribution is 5.89. The summed E-state index contributed by atoms with van der Waals surface area (Å²) in [4.78, 5) is 35.0. The van der Waals surface area contributed by atoms with E-state index in [0.717, 1.165) is 0 Å². The van der Waals surface area contributed by atoms with Crippen LogP contribution in [0.4, 0.5) is 0 Å². The molecule has 6 nitrogen and oxygen atoms in total. The summed E-state index contributed by atoms with van der Waals surface area (Å²) >= 11 is 0. The van der Waals surface area contributed by atoms with Crippen LogP contribution in [0.15, 0.2) is 0 Å². The minimum Gasteiger partial charge on any atom is -0.481 e. The van der Waals surface area contributed by atoms with E-state index < -0.39 is 23.7 Å². The number of esters is 1. The van der Waals surface area contributed by atoms with Crippen LogP contribution in [0, 0.1) is 17.8 Å². The lowest BCUT2D eigenvalue weighted by Gasteiger charge is -2.20. The molecule has 17 heavy (non-hydrogen) atoms. The van der Waals surface area contributed by atoms with Gasteiger partial charge in [0.15, 0.2) is 0 Å². The van der Waals surface area contributed by atoms with Gasteiger partial charge in [-0.05, 0) is 6.42 Å². The first kappa shape index (κ1) is 13.5. The monoisotopic (exact) mass is 243 g/mol. The average molecular weight is 243 g/mol. The SMILES string of the molecule is COC(=O)C(C)CN(C)C(=O)[C@@H]1C[C@@H]1C(=O)O. The number of amides is 1. The smallest absolute Gasteiger partial charge is 0.310 e. The van der Waals surface area contributed by atoms with E-state index in [2.05, 4.69) is 4.74 Å². The Kier molecular flexibility index (Phi) is 4.09. The van der Waals surface area contributed by atoms with Gasteiger partial charge in [-0.15, -0.1) is 0 Å². The van der Waals surface area contributed by atoms with Gasteiger partial charge in [0.1, 0.15) is 0 Å². The summed E-state index contributed by atoms with van der Waals surface area (Å²) in [5.74, 6) is -2.92. The van der Waals surface area contributed by atoms with Crippen molar-refractivity contribution in [2.45, 2.75) is 13.3 Å². The lowest BCUT2D eigenvalue weighted by atomic mass is 10.1. The Morgan fingerprint density at radius 1 is 1.41 bits per heavy atom. The van der Waals surface area contributed by atoms with Crippen LogP contribution in [0.2, 0.25) is 0 Å². The molecule has 1 unspecified atom stereocenters. The Hall–Kier alpha value is -1.59. The van der Waals surface area contributed by atoms with Crippen LogP contribution in [0.1, 0.15) is 13.3 Å². The molecular formula is C11H17NO5. The molecule has 0 aromatic carbocycles. The van der Waals surface area contributed by atoms with E-state index in [1.807, 2.05) is 0 Å². The minimum atomic E-state index is -0.933. The van der Waals surface area contributed by atoms with E-state index in [1.54, 1.807) is 14.0 Å². The van der Waals surface area contributed by atoms with Crippen molar-refractivity contribution in [1.82, 2.24) is 4.90 Å². The topological polar surface area (TPSA) is 83.9 Å². The zero-order valence-corrected chi connectivity index (χ0v) is 10.2. The van der Waals surface area contributed by atoms with Crippen LogP contribution >= 0.6 is 0 Å². The fraction of sp³-hybridized carbons (Fsp3) is 0.727. The first-order chi connectivity index (χ1) is 7.88. The van der Waals surface area contributed by atoms with Crippen molar-refractivity contribution in [3.05, 3.63) is 0 Å². The van der Waals surface area contributed by atoms with Gasteiger partial charge in [-0.2, -0.15) is 0 Å². The third-order valence-corrected chi connectivity index (χ3v) is 2.95. The van der Waals surface area contributed by atoms with Gasteiger partial charge in [0.25, 0.3) is 0 Å². The molecule has 0 heterocycles. The van der Waals surface area contributed by atoms with Gasteiger partial charge >= 0.3 is 11.9 Å². The summed E-state index contributed by atoms with van der Waals surface area (Å²) in [5, 5.41) is 8.72. The van der Waals surface area contributed by atoms with Gasteiger partial charge < -0.3 is 14.7 Å². The number of methoxy groups -OCH3 is 1. The lowest BCUT2D eigenvalue weighted by Crippen LogP contribution is -2.35. The second-order valence-corrected chi connectivity index (χ2v) is 4.43. The maximum absolute atomic E-state index is 11.8. The van der Waals surface area contributed by atoms with Gasteiger partial charge in [0.2, 0.25) is 5.91 Å². The number of carbonyl (C=O) groups is 3. The third-order valence-electron chi connectivity index (χ3n) is 2.95. The van der Waals surface area contributed by atoms with E-state index in [0.29, 0.717) is 6.42 Å². The molecule has 0 aliphatic heterocycles. The lowest BCUT2D eigenvalue weighted by molar-refractivity contribution is -0.147. The van der Waals surface area contributed by atoms with Crippen molar-refractivity contribution < 1.29 is 24.2 Å². The van der Waals surface area contributed by atoms with Crippen LogP contribution in [0.3, 0.4) is 0 Å². The van der Waals surface area contributed by atoms with E-state index in [4.69, 9.17) is 5.11 Å². The third kappa shape index (κ3) is 3.18. The van der Waals surface area contributed by atoms with Crippen LogP contribution in [0.25, 0.3) is 0 Å². The van der Waals surface area contributed by atoms with E-state index in [1.165, 1.54) is 12.0 Å². The Balaban J connectivity index is 2.44. The van der Waals surface area contributed by atoms with Gasteiger partial charge in [0.05, 0.1) is 24.9 Å². The van der Waals surface area contributed by atoms with Crippen molar-refractivity contribution in [3.63, 3.8) is 0 Å².